The van der Waals surface area contributed by atoms with Gasteiger partial charge in [-0.1, -0.05) is 0 Å². The van der Waals surface area contributed by atoms with Gasteiger partial charge in [-0.25, -0.2) is 0 Å². The SMILES string of the molecule is CC(N)Cc1ccc(CC(N)CO)o1. The van der Waals surface area contributed by atoms with Crippen LogP contribution >= 0.6 is 0 Å². The molecule has 80 valence electrons. The fraction of sp³-hybridized carbons (Fsp3) is 0.600. The lowest BCUT2D eigenvalue weighted by molar-refractivity contribution is 0.259. The summed E-state index contributed by atoms with van der Waals surface area (Å²) in [6, 6.07) is 3.64. The number of aliphatic hydroxyl groups excluding tert-OH is 1. The van der Waals surface area contributed by atoms with Crippen LogP contribution in [0.4, 0.5) is 0 Å². The molecule has 1 heterocycles. The lowest BCUT2D eigenvalue weighted by Crippen LogP contribution is -2.26. The topological polar surface area (TPSA) is 85.4 Å². The monoisotopic (exact) mass is 198 g/mol. The van der Waals surface area contributed by atoms with Gasteiger partial charge in [0.1, 0.15) is 11.5 Å². The minimum atomic E-state index is -0.246. The van der Waals surface area contributed by atoms with E-state index in [1.165, 1.54) is 0 Å². The predicted molar refractivity (Wildman–Crippen MR) is 54.8 cm³/mol. The molecule has 2 unspecified atom stereocenters. The summed E-state index contributed by atoms with van der Waals surface area (Å²) in [5.41, 5.74) is 11.2. The van der Waals surface area contributed by atoms with E-state index in [-0.39, 0.29) is 18.7 Å². The van der Waals surface area contributed by atoms with E-state index < -0.39 is 0 Å². The Kier molecular flexibility index (Phi) is 4.13. The number of hydrogen-bond donors (Lipinski definition) is 3. The zero-order valence-electron chi connectivity index (χ0n) is 8.44. The van der Waals surface area contributed by atoms with Gasteiger partial charge in [-0.2, -0.15) is 0 Å². The van der Waals surface area contributed by atoms with Crippen molar-refractivity contribution in [2.45, 2.75) is 31.8 Å². The molecule has 0 fully saturated rings. The largest absolute Gasteiger partial charge is 0.466 e. The fourth-order valence-electron chi connectivity index (χ4n) is 1.28. The smallest absolute Gasteiger partial charge is 0.105 e. The van der Waals surface area contributed by atoms with Gasteiger partial charge >= 0.3 is 0 Å². The first-order chi connectivity index (χ1) is 6.61. The standard InChI is InChI=1S/C10H18N2O2/c1-7(11)4-9-2-3-10(14-9)5-8(12)6-13/h2-3,7-8,13H,4-6,11-12H2,1H3. The molecule has 4 heteroatoms. The minimum Gasteiger partial charge on any atom is -0.466 e. The van der Waals surface area contributed by atoms with Crippen LogP contribution in [0.3, 0.4) is 0 Å². The van der Waals surface area contributed by atoms with Crippen LogP contribution in [0.25, 0.3) is 0 Å². The van der Waals surface area contributed by atoms with Gasteiger partial charge in [-0.15, -0.1) is 0 Å². The van der Waals surface area contributed by atoms with E-state index in [9.17, 15) is 0 Å². The van der Waals surface area contributed by atoms with Gasteiger partial charge < -0.3 is 21.0 Å². The molecule has 0 aliphatic heterocycles. The molecule has 1 aromatic heterocycles. The number of nitrogens with two attached hydrogens (primary N) is 2. The molecule has 0 saturated heterocycles. The van der Waals surface area contributed by atoms with Crippen molar-refractivity contribution in [2.75, 3.05) is 6.61 Å². The van der Waals surface area contributed by atoms with Crippen LogP contribution in [0.1, 0.15) is 18.4 Å². The second kappa shape index (κ2) is 5.14. The molecule has 0 aliphatic carbocycles. The maximum atomic E-state index is 8.76. The van der Waals surface area contributed by atoms with Gasteiger partial charge in [-0.05, 0) is 19.1 Å². The average molecular weight is 198 g/mol. The third kappa shape index (κ3) is 3.49. The maximum absolute atomic E-state index is 8.76. The normalized spacial score (nSPS) is 15.4. The molecule has 1 aromatic rings. The highest BCUT2D eigenvalue weighted by molar-refractivity contribution is 5.09. The molecular formula is C10H18N2O2. The summed E-state index contributed by atoms with van der Waals surface area (Å²) >= 11 is 0. The lowest BCUT2D eigenvalue weighted by Gasteiger charge is -2.05. The fourth-order valence-corrected chi connectivity index (χ4v) is 1.28. The van der Waals surface area contributed by atoms with E-state index in [1.54, 1.807) is 0 Å². The summed E-state index contributed by atoms with van der Waals surface area (Å²) in [5, 5.41) is 8.76. The van der Waals surface area contributed by atoms with Gasteiger partial charge in [0.15, 0.2) is 0 Å². The summed E-state index contributed by atoms with van der Waals surface area (Å²) in [6.45, 7) is 1.91. The Bertz CT molecular complexity index is 271. The molecule has 0 radical (unpaired) electrons. The highest BCUT2D eigenvalue weighted by atomic mass is 16.3. The zero-order chi connectivity index (χ0) is 10.6. The molecule has 2 atom stereocenters. The van der Waals surface area contributed by atoms with Crippen LogP contribution in [0.2, 0.25) is 0 Å². The Morgan fingerprint density at radius 2 is 1.86 bits per heavy atom. The van der Waals surface area contributed by atoms with E-state index in [0.29, 0.717) is 6.42 Å². The summed E-state index contributed by atoms with van der Waals surface area (Å²) in [6.07, 6.45) is 1.30. The minimum absolute atomic E-state index is 0.0245. The molecule has 0 aliphatic rings. The van der Waals surface area contributed by atoms with E-state index >= 15 is 0 Å². The second-order valence-electron chi connectivity index (χ2n) is 3.70. The van der Waals surface area contributed by atoms with Crippen LogP contribution in [0.5, 0.6) is 0 Å². The van der Waals surface area contributed by atoms with E-state index in [2.05, 4.69) is 0 Å². The number of rotatable bonds is 5. The first-order valence-corrected chi connectivity index (χ1v) is 4.81. The average Bonchev–Trinajstić information content (AvgIpc) is 2.51. The van der Waals surface area contributed by atoms with Gasteiger partial charge in [0.2, 0.25) is 0 Å². The molecule has 0 saturated carbocycles. The van der Waals surface area contributed by atoms with Gasteiger partial charge in [0, 0.05) is 24.9 Å². The highest BCUT2D eigenvalue weighted by Gasteiger charge is 2.08. The summed E-state index contributed by atoms with van der Waals surface area (Å²) < 4.78 is 5.50. The van der Waals surface area contributed by atoms with Crippen molar-refractivity contribution < 1.29 is 9.52 Å². The second-order valence-corrected chi connectivity index (χ2v) is 3.70. The van der Waals surface area contributed by atoms with Gasteiger partial charge in [0.05, 0.1) is 6.61 Å². The summed E-state index contributed by atoms with van der Waals surface area (Å²) in [5.74, 6) is 1.68. The van der Waals surface area contributed by atoms with Crippen molar-refractivity contribution in [2.24, 2.45) is 11.5 Å². The third-order valence-corrected chi connectivity index (χ3v) is 1.94. The molecule has 0 amide bonds. The van der Waals surface area contributed by atoms with E-state index in [1.807, 2.05) is 19.1 Å². The van der Waals surface area contributed by atoms with Crippen molar-refractivity contribution in [3.05, 3.63) is 23.7 Å². The van der Waals surface area contributed by atoms with Gasteiger partial charge in [-0.3, -0.25) is 0 Å². The molecular weight excluding hydrogens is 180 g/mol. The van der Waals surface area contributed by atoms with Crippen molar-refractivity contribution in [3.8, 4) is 0 Å². The van der Waals surface area contributed by atoms with Crippen molar-refractivity contribution in [3.63, 3.8) is 0 Å². The summed E-state index contributed by atoms with van der Waals surface area (Å²) in [7, 11) is 0. The molecule has 1 rings (SSSR count). The Morgan fingerprint density at radius 3 is 2.36 bits per heavy atom. The molecule has 14 heavy (non-hydrogen) atoms. The molecule has 5 N–H and O–H groups in total. The van der Waals surface area contributed by atoms with Crippen LogP contribution in [-0.4, -0.2) is 23.8 Å². The van der Waals surface area contributed by atoms with Crippen LogP contribution in [0, 0.1) is 0 Å². The van der Waals surface area contributed by atoms with Gasteiger partial charge in [0.25, 0.3) is 0 Å². The Morgan fingerprint density at radius 1 is 1.29 bits per heavy atom. The number of aliphatic hydroxyl groups is 1. The molecule has 0 spiro atoms. The van der Waals surface area contributed by atoms with Crippen molar-refractivity contribution in [1.29, 1.82) is 0 Å². The highest BCUT2D eigenvalue weighted by Crippen LogP contribution is 2.11. The zero-order valence-corrected chi connectivity index (χ0v) is 8.44. The van der Waals surface area contributed by atoms with Crippen molar-refractivity contribution >= 4 is 0 Å². The molecule has 0 aromatic carbocycles. The number of hydrogen-bond acceptors (Lipinski definition) is 4. The van der Waals surface area contributed by atoms with Crippen LogP contribution in [0.15, 0.2) is 16.5 Å². The number of furan rings is 1. The maximum Gasteiger partial charge on any atom is 0.105 e. The molecule has 0 bridgehead atoms. The van der Waals surface area contributed by atoms with Crippen LogP contribution < -0.4 is 11.5 Å². The van der Waals surface area contributed by atoms with Crippen molar-refractivity contribution in [1.82, 2.24) is 0 Å². The Labute approximate surface area is 83.9 Å². The molecule has 4 nitrogen and oxygen atoms in total. The summed E-state index contributed by atoms with van der Waals surface area (Å²) in [4.78, 5) is 0. The first-order valence-electron chi connectivity index (χ1n) is 4.81. The first kappa shape index (κ1) is 11.2. The Hall–Kier alpha value is -0.840. The predicted octanol–water partition coefficient (Wildman–Crippen LogP) is 0.0314. The lowest BCUT2D eigenvalue weighted by atomic mass is 10.2. The quantitative estimate of drug-likeness (QED) is 0.623. The third-order valence-electron chi connectivity index (χ3n) is 1.94. The van der Waals surface area contributed by atoms with E-state index in [0.717, 1.165) is 17.9 Å². The van der Waals surface area contributed by atoms with E-state index in [4.69, 9.17) is 21.0 Å². The Balaban J connectivity index is 2.50. The van der Waals surface area contributed by atoms with Crippen LogP contribution in [-0.2, 0) is 12.8 Å².